The number of rotatable bonds is 12. The number of fused-ring (bicyclic) bond motifs is 1. The van der Waals surface area contributed by atoms with E-state index in [-0.39, 0.29) is 22.2 Å². The van der Waals surface area contributed by atoms with Crippen molar-refractivity contribution in [1.82, 2.24) is 19.6 Å². The minimum Gasteiger partial charge on any atom is -0.505 e. The Labute approximate surface area is 285 Å². The van der Waals surface area contributed by atoms with Crippen LogP contribution in [0.15, 0.2) is 70.7 Å². The molecule has 48 heavy (non-hydrogen) atoms. The first-order valence-corrected chi connectivity index (χ1v) is 17.3. The van der Waals surface area contributed by atoms with E-state index in [1.54, 1.807) is 37.3 Å². The number of aliphatic hydroxyl groups is 1. The van der Waals surface area contributed by atoms with Crippen LogP contribution in [0.25, 0.3) is 11.4 Å². The Kier molecular flexibility index (Phi) is 9.78. The summed E-state index contributed by atoms with van der Waals surface area (Å²) in [5.74, 6) is -1.00. The van der Waals surface area contributed by atoms with Gasteiger partial charge in [-0.05, 0) is 67.3 Å². The highest BCUT2D eigenvalue weighted by Crippen LogP contribution is 2.46. The lowest BCUT2D eigenvalue weighted by Gasteiger charge is -2.23. The molecule has 1 N–H and O–H groups in total. The van der Waals surface area contributed by atoms with Crippen molar-refractivity contribution in [3.63, 3.8) is 0 Å². The van der Waals surface area contributed by atoms with Gasteiger partial charge in [-0.25, -0.2) is 9.37 Å². The number of aliphatic hydroxyl groups excluding tert-OH is 1. The molecule has 1 saturated heterocycles. The number of carbonyl (C=O) groups excluding carboxylic acids is 2. The Bertz CT molecular complexity index is 2020. The maximum absolute atomic E-state index is 13.9. The van der Waals surface area contributed by atoms with Gasteiger partial charge < -0.3 is 19.0 Å². The van der Waals surface area contributed by atoms with Crippen LogP contribution in [0.2, 0.25) is 0 Å². The normalized spacial score (nSPS) is 15.9. The molecule has 1 atom stereocenters. The molecule has 248 valence electrons. The number of aryl methyl sites for hydroxylation is 2. The molecule has 0 saturated carbocycles. The maximum Gasteiger partial charge on any atom is 0.301 e. The molecule has 4 heterocycles. The fourth-order valence-corrected chi connectivity index (χ4v) is 7.43. The third-order valence-corrected chi connectivity index (χ3v) is 10.3. The van der Waals surface area contributed by atoms with Crippen molar-refractivity contribution in [2.45, 2.75) is 56.2 Å². The summed E-state index contributed by atoms with van der Waals surface area (Å²) < 4.78 is 27.4. The smallest absolute Gasteiger partial charge is 0.301 e. The lowest BCUT2D eigenvalue weighted by Crippen LogP contribution is -2.29. The molecule has 0 spiro atoms. The number of benzene rings is 2. The second kappa shape index (κ2) is 14.2. The lowest BCUT2D eigenvalue weighted by molar-refractivity contribution is -0.132. The van der Waals surface area contributed by atoms with Gasteiger partial charge >= 0.3 is 5.91 Å². The summed E-state index contributed by atoms with van der Waals surface area (Å²) in [5, 5.41) is 20.6. The minimum atomic E-state index is -1.07. The maximum atomic E-state index is 13.9. The van der Waals surface area contributed by atoms with Gasteiger partial charge in [0, 0.05) is 11.9 Å². The van der Waals surface area contributed by atoms with E-state index in [9.17, 15) is 19.1 Å². The molecule has 3 aromatic heterocycles. The topological polar surface area (TPSA) is 119 Å². The number of hydrogen-bond donors (Lipinski definition) is 1. The van der Waals surface area contributed by atoms with Crippen LogP contribution in [0.3, 0.4) is 0 Å². The molecular weight excluding hydrogens is 654 g/mol. The number of nitrogens with zero attached hydrogens (tertiary/aromatic N) is 5. The van der Waals surface area contributed by atoms with Crippen LogP contribution in [0.4, 0.5) is 9.52 Å². The van der Waals surface area contributed by atoms with E-state index in [0.29, 0.717) is 45.1 Å². The lowest BCUT2D eigenvalue weighted by atomic mass is 9.96. The standard InChI is InChI=1S/C35H34FN5O5S2/c1-5-6-7-17-46-25-15-12-23(18-26(25)45-4)29-27(30(42)28-21(3)40-16-8-9-20(2)32(40)37-28)31(43)33(44)41(29)34-38-39-35(48-34)47-19-22-10-13-24(36)14-11-22/h8-16,18,29,42H,5-7,17,19H2,1-4H3. The second-order valence-electron chi connectivity index (χ2n) is 11.3. The fourth-order valence-electron chi connectivity index (χ4n) is 5.61. The number of methoxy groups -OCH3 is 1. The number of pyridine rings is 1. The predicted octanol–water partition coefficient (Wildman–Crippen LogP) is 7.44. The first kappa shape index (κ1) is 33.2. The third kappa shape index (κ3) is 6.39. The number of imidazole rings is 1. The molecule has 1 aliphatic rings. The Hall–Kier alpha value is -4.75. The van der Waals surface area contributed by atoms with E-state index in [1.165, 1.54) is 35.9 Å². The van der Waals surface area contributed by atoms with Crippen LogP contribution in [-0.2, 0) is 15.3 Å². The number of halogens is 1. The molecule has 0 radical (unpaired) electrons. The summed E-state index contributed by atoms with van der Waals surface area (Å²) in [7, 11) is 1.52. The van der Waals surface area contributed by atoms with Crippen molar-refractivity contribution in [2.75, 3.05) is 18.6 Å². The number of ketones is 1. The number of aromatic nitrogens is 4. The van der Waals surface area contributed by atoms with Crippen LogP contribution < -0.4 is 14.4 Å². The molecule has 1 aliphatic heterocycles. The minimum absolute atomic E-state index is 0.126. The molecule has 0 bridgehead atoms. The van der Waals surface area contributed by atoms with Gasteiger partial charge in [-0.1, -0.05) is 67.1 Å². The van der Waals surface area contributed by atoms with E-state index < -0.39 is 23.5 Å². The summed E-state index contributed by atoms with van der Waals surface area (Å²) in [4.78, 5) is 33.7. The molecule has 1 fully saturated rings. The highest BCUT2D eigenvalue weighted by Gasteiger charge is 2.49. The van der Waals surface area contributed by atoms with Crippen molar-refractivity contribution in [3.8, 4) is 11.5 Å². The quantitative estimate of drug-likeness (QED) is 0.0357. The summed E-state index contributed by atoms with van der Waals surface area (Å²) in [6.07, 6.45) is 4.80. The van der Waals surface area contributed by atoms with E-state index in [2.05, 4.69) is 22.1 Å². The number of thioether (sulfide) groups is 1. The summed E-state index contributed by atoms with van der Waals surface area (Å²) >= 11 is 2.52. The van der Waals surface area contributed by atoms with Crippen LogP contribution >= 0.6 is 23.1 Å². The zero-order valence-electron chi connectivity index (χ0n) is 26.9. The molecule has 5 aromatic rings. The fraction of sp³-hybridized carbons (Fsp3) is 0.286. The van der Waals surface area contributed by atoms with Crippen molar-refractivity contribution in [2.24, 2.45) is 0 Å². The van der Waals surface area contributed by atoms with Crippen LogP contribution in [0, 0.1) is 19.7 Å². The Morgan fingerprint density at radius 1 is 1.06 bits per heavy atom. The molecule has 13 heteroatoms. The van der Waals surface area contributed by atoms with Gasteiger partial charge in [0.25, 0.3) is 5.78 Å². The van der Waals surface area contributed by atoms with Crippen LogP contribution in [0.5, 0.6) is 11.5 Å². The Morgan fingerprint density at radius 3 is 2.58 bits per heavy atom. The Morgan fingerprint density at radius 2 is 1.85 bits per heavy atom. The summed E-state index contributed by atoms with van der Waals surface area (Å²) in [5.41, 5.74) is 3.58. The monoisotopic (exact) mass is 687 g/mol. The average molecular weight is 688 g/mol. The van der Waals surface area contributed by atoms with Crippen molar-refractivity contribution < 1.29 is 28.6 Å². The van der Waals surface area contributed by atoms with Crippen molar-refractivity contribution in [1.29, 1.82) is 0 Å². The van der Waals surface area contributed by atoms with Gasteiger partial charge in [-0.3, -0.25) is 14.5 Å². The summed E-state index contributed by atoms with van der Waals surface area (Å²) in [6, 6.07) is 14.1. The van der Waals surface area contributed by atoms with Gasteiger partial charge in [0.2, 0.25) is 5.13 Å². The number of amides is 1. The van der Waals surface area contributed by atoms with Gasteiger partial charge in [0.15, 0.2) is 21.6 Å². The largest absolute Gasteiger partial charge is 0.505 e. The van der Waals surface area contributed by atoms with Crippen LogP contribution in [0.1, 0.15) is 60.3 Å². The molecular formula is C35H34FN5O5S2. The number of ether oxygens (including phenoxy) is 2. The number of unbranched alkanes of at least 4 members (excludes halogenated alkanes) is 2. The zero-order valence-corrected chi connectivity index (χ0v) is 28.5. The number of anilines is 1. The number of Topliss-reactive ketones (excluding diaryl/α,β-unsaturated/α-hetero) is 1. The van der Waals surface area contributed by atoms with Crippen molar-refractivity contribution >= 4 is 51.3 Å². The Balaban J connectivity index is 1.43. The molecule has 10 nitrogen and oxygen atoms in total. The molecule has 1 unspecified atom stereocenters. The molecule has 1 amide bonds. The number of carbonyl (C=O) groups is 2. The summed E-state index contributed by atoms with van der Waals surface area (Å²) in [6.45, 7) is 6.33. The van der Waals surface area contributed by atoms with E-state index >= 15 is 0 Å². The van der Waals surface area contributed by atoms with E-state index in [1.807, 2.05) is 29.7 Å². The third-order valence-electron chi connectivity index (χ3n) is 8.14. The first-order valence-electron chi connectivity index (χ1n) is 15.5. The molecule has 6 rings (SSSR count). The van der Waals surface area contributed by atoms with Crippen molar-refractivity contribution in [3.05, 3.63) is 100 Å². The van der Waals surface area contributed by atoms with E-state index in [0.717, 1.165) is 41.7 Å². The van der Waals surface area contributed by atoms with Gasteiger partial charge in [-0.15, -0.1) is 10.2 Å². The van der Waals surface area contributed by atoms with Gasteiger partial charge in [-0.2, -0.15) is 0 Å². The zero-order chi connectivity index (χ0) is 33.9. The van der Waals surface area contributed by atoms with Gasteiger partial charge in [0.1, 0.15) is 17.2 Å². The van der Waals surface area contributed by atoms with Crippen LogP contribution in [-0.4, -0.2) is 50.1 Å². The highest BCUT2D eigenvalue weighted by atomic mass is 32.2. The molecule has 0 aliphatic carbocycles. The second-order valence-corrected chi connectivity index (χ2v) is 13.5. The average Bonchev–Trinajstić information content (AvgIpc) is 3.77. The predicted molar refractivity (Wildman–Crippen MR) is 183 cm³/mol. The molecule has 2 aromatic carbocycles. The van der Waals surface area contributed by atoms with E-state index in [4.69, 9.17) is 9.47 Å². The van der Waals surface area contributed by atoms with Gasteiger partial charge in [0.05, 0.1) is 31.0 Å². The SMILES string of the molecule is CCCCCOc1ccc(C2C(=C(O)c3nc4c(C)cccn4c3C)C(=O)C(=O)N2c2nnc(SCc3ccc(F)cc3)s2)cc1OC. The number of hydrogen-bond acceptors (Lipinski definition) is 10. The highest BCUT2D eigenvalue weighted by molar-refractivity contribution is 8.00. The first-order chi connectivity index (χ1) is 23.2.